The van der Waals surface area contributed by atoms with Crippen molar-refractivity contribution in [3.63, 3.8) is 0 Å². The largest absolute Gasteiger partial charge is 0.472 e. The van der Waals surface area contributed by atoms with Gasteiger partial charge < -0.3 is 33.8 Å². The van der Waals surface area contributed by atoms with Gasteiger partial charge in [-0.1, -0.05) is 330 Å². The maximum atomic E-state index is 13.1. The number of esters is 4. The summed E-state index contributed by atoms with van der Waals surface area (Å²) in [7, 11) is -9.90. The molecule has 17 nitrogen and oxygen atoms in total. The molecule has 0 aliphatic heterocycles. The first-order valence-corrected chi connectivity index (χ1v) is 41.1. The summed E-state index contributed by atoms with van der Waals surface area (Å²) in [6, 6.07) is 0. The van der Waals surface area contributed by atoms with E-state index in [4.69, 9.17) is 37.0 Å². The van der Waals surface area contributed by atoms with Crippen LogP contribution in [0.25, 0.3) is 0 Å². The average Bonchev–Trinajstić information content (AvgIpc) is 2.04. The molecule has 0 bridgehead atoms. The highest BCUT2D eigenvalue weighted by Crippen LogP contribution is 2.45. The lowest BCUT2D eigenvalue weighted by atomic mass is 10.0. The van der Waals surface area contributed by atoms with E-state index in [0.717, 1.165) is 95.8 Å². The molecule has 0 fully saturated rings. The number of phosphoric acid groups is 2. The summed E-state index contributed by atoms with van der Waals surface area (Å²) in [5.41, 5.74) is 0. The highest BCUT2D eigenvalue weighted by molar-refractivity contribution is 7.47. The third-order valence-electron chi connectivity index (χ3n) is 17.0. The molecule has 0 radical (unpaired) electrons. The SMILES string of the molecule is CCCCCCCCCCCCCCCCCCC(=O)OC[C@H](COP(=O)(O)OC[C@@H](O)COP(=O)(O)OC[C@@H](COC(=O)CCCCCCCCCCC)OC(=O)CCCCCCCCCCC(C)C)OC(=O)CCCCCCCCCCCCCCCCCC. The first-order valence-electron chi connectivity index (χ1n) is 38.1. The van der Waals surface area contributed by atoms with E-state index in [0.29, 0.717) is 25.7 Å². The lowest BCUT2D eigenvalue weighted by Crippen LogP contribution is -2.30. The second kappa shape index (κ2) is 66.3. The van der Waals surface area contributed by atoms with Gasteiger partial charge in [0, 0.05) is 25.7 Å². The van der Waals surface area contributed by atoms with Gasteiger partial charge >= 0.3 is 39.5 Å². The second-order valence-electron chi connectivity index (χ2n) is 26.8. The minimum absolute atomic E-state index is 0.105. The predicted molar refractivity (Wildman–Crippen MR) is 372 cm³/mol. The Morgan fingerprint density at radius 1 is 0.293 bits per heavy atom. The molecule has 546 valence electrons. The monoisotopic (exact) mass is 1350 g/mol. The number of unbranched alkanes of at least 4 members (excludes halogenated alkanes) is 45. The summed E-state index contributed by atoms with van der Waals surface area (Å²) in [4.78, 5) is 72.6. The van der Waals surface area contributed by atoms with Gasteiger partial charge in [-0.3, -0.25) is 37.3 Å². The summed E-state index contributed by atoms with van der Waals surface area (Å²) in [6.07, 6.45) is 54.1. The molecule has 0 aliphatic rings. The van der Waals surface area contributed by atoms with Crippen LogP contribution in [-0.4, -0.2) is 96.7 Å². The summed E-state index contributed by atoms with van der Waals surface area (Å²) in [5, 5.41) is 10.6. The van der Waals surface area contributed by atoms with Gasteiger partial charge in [-0.05, 0) is 31.6 Å². The molecule has 0 heterocycles. The predicted octanol–water partition coefficient (Wildman–Crippen LogP) is 21.3. The highest BCUT2D eigenvalue weighted by atomic mass is 31.2. The molecular weight excluding hydrogens is 1210 g/mol. The summed E-state index contributed by atoms with van der Waals surface area (Å²) in [6.45, 7) is 7.22. The topological polar surface area (TPSA) is 237 Å². The van der Waals surface area contributed by atoms with Gasteiger partial charge in [0.25, 0.3) is 0 Å². The minimum Gasteiger partial charge on any atom is -0.462 e. The molecule has 0 aromatic rings. The van der Waals surface area contributed by atoms with Gasteiger partial charge in [0.2, 0.25) is 0 Å². The number of aliphatic hydroxyl groups excluding tert-OH is 1. The molecule has 0 aromatic carbocycles. The third kappa shape index (κ3) is 66.7. The Kier molecular flexibility index (Phi) is 64.9. The van der Waals surface area contributed by atoms with E-state index in [-0.39, 0.29) is 25.7 Å². The van der Waals surface area contributed by atoms with E-state index in [1.807, 2.05) is 0 Å². The van der Waals surface area contributed by atoms with Crippen molar-refractivity contribution in [3.8, 4) is 0 Å². The lowest BCUT2D eigenvalue weighted by molar-refractivity contribution is -0.161. The second-order valence-corrected chi connectivity index (χ2v) is 29.7. The van der Waals surface area contributed by atoms with Gasteiger partial charge in [-0.25, -0.2) is 9.13 Å². The number of ether oxygens (including phenoxy) is 4. The fraction of sp³-hybridized carbons (Fsp3) is 0.945. The molecule has 2 unspecified atom stereocenters. The average molecular weight is 1350 g/mol. The van der Waals surface area contributed by atoms with Gasteiger partial charge in [-0.2, -0.15) is 0 Å². The highest BCUT2D eigenvalue weighted by Gasteiger charge is 2.30. The molecule has 0 spiro atoms. The number of carbonyl (C=O) groups is 4. The van der Waals surface area contributed by atoms with Crippen LogP contribution in [0.15, 0.2) is 0 Å². The zero-order valence-electron chi connectivity index (χ0n) is 59.7. The van der Waals surface area contributed by atoms with Crippen LogP contribution in [-0.2, 0) is 65.4 Å². The number of aliphatic hydroxyl groups is 1. The third-order valence-corrected chi connectivity index (χ3v) is 18.9. The van der Waals surface area contributed by atoms with Crippen LogP contribution in [0.1, 0.15) is 381 Å². The van der Waals surface area contributed by atoms with E-state index in [1.165, 1.54) is 205 Å². The fourth-order valence-corrected chi connectivity index (χ4v) is 12.8. The van der Waals surface area contributed by atoms with Crippen molar-refractivity contribution < 1.29 is 80.2 Å². The molecule has 0 aromatic heterocycles. The van der Waals surface area contributed by atoms with Crippen molar-refractivity contribution >= 4 is 39.5 Å². The first-order chi connectivity index (χ1) is 44.5. The van der Waals surface area contributed by atoms with E-state index in [2.05, 4.69) is 34.6 Å². The van der Waals surface area contributed by atoms with Gasteiger partial charge in [0.15, 0.2) is 12.2 Å². The Hall–Kier alpha value is -1.94. The zero-order valence-corrected chi connectivity index (χ0v) is 61.5. The number of phosphoric ester groups is 2. The van der Waals surface area contributed by atoms with Crippen molar-refractivity contribution in [3.05, 3.63) is 0 Å². The fourth-order valence-electron chi connectivity index (χ4n) is 11.2. The standard InChI is InChI=1S/C73H142O17P2/c1-6-9-12-15-18-21-23-25-27-29-31-33-36-42-47-52-57-71(76)84-63-68(89-72(77)58-53-48-43-37-34-32-30-28-26-24-22-19-16-13-10-7-2)64-87-91(79,80)85-60-67(74)61-86-92(81,82)88-65-69(62-83-70(75)56-51-46-41-35-20-17-14-11-8-3)90-73(78)59-54-49-44-39-38-40-45-50-55-66(4)5/h66-69,74H,6-65H2,1-5H3,(H,79,80)(H,81,82)/t67-,68-,69-/m1/s1. The Bertz CT molecular complexity index is 1770. The Morgan fingerprint density at radius 3 is 0.739 bits per heavy atom. The molecule has 0 saturated carbocycles. The van der Waals surface area contributed by atoms with Crippen molar-refractivity contribution in [2.75, 3.05) is 39.6 Å². The molecule has 3 N–H and O–H groups in total. The van der Waals surface area contributed by atoms with E-state index < -0.39 is 97.5 Å². The number of carbonyl (C=O) groups excluding carboxylic acids is 4. The van der Waals surface area contributed by atoms with Crippen molar-refractivity contribution in [2.24, 2.45) is 5.92 Å². The molecule has 0 saturated heterocycles. The zero-order chi connectivity index (χ0) is 67.7. The minimum atomic E-state index is -4.95. The molecule has 5 atom stereocenters. The molecule has 0 rings (SSSR count). The number of rotatable bonds is 73. The van der Waals surface area contributed by atoms with Crippen LogP contribution in [0.5, 0.6) is 0 Å². The Morgan fingerprint density at radius 2 is 0.500 bits per heavy atom. The van der Waals surface area contributed by atoms with Gasteiger partial charge in [0.1, 0.15) is 19.3 Å². The Balaban J connectivity index is 5.22. The van der Waals surface area contributed by atoms with Crippen LogP contribution < -0.4 is 0 Å². The van der Waals surface area contributed by atoms with Crippen LogP contribution in [0.4, 0.5) is 0 Å². The smallest absolute Gasteiger partial charge is 0.462 e. The number of hydrogen-bond acceptors (Lipinski definition) is 15. The molecule has 0 amide bonds. The molecule has 92 heavy (non-hydrogen) atoms. The molecule has 19 heteroatoms. The first kappa shape index (κ1) is 90.1. The van der Waals surface area contributed by atoms with Crippen LogP contribution in [0.2, 0.25) is 0 Å². The lowest BCUT2D eigenvalue weighted by Gasteiger charge is -2.21. The molecular formula is C73H142O17P2. The van der Waals surface area contributed by atoms with Gasteiger partial charge in [-0.15, -0.1) is 0 Å². The summed E-state index contributed by atoms with van der Waals surface area (Å²) < 4.78 is 68.4. The van der Waals surface area contributed by atoms with Crippen molar-refractivity contribution in [2.45, 2.75) is 400 Å². The van der Waals surface area contributed by atoms with Crippen molar-refractivity contribution in [1.82, 2.24) is 0 Å². The van der Waals surface area contributed by atoms with E-state index >= 15 is 0 Å². The van der Waals surface area contributed by atoms with E-state index in [1.54, 1.807) is 0 Å². The van der Waals surface area contributed by atoms with Crippen LogP contribution in [0, 0.1) is 5.92 Å². The molecule has 0 aliphatic carbocycles. The Labute approximate surface area is 562 Å². The van der Waals surface area contributed by atoms with E-state index in [9.17, 15) is 43.2 Å². The maximum absolute atomic E-state index is 13.1. The van der Waals surface area contributed by atoms with Crippen LogP contribution >= 0.6 is 15.6 Å². The van der Waals surface area contributed by atoms with Gasteiger partial charge in [0.05, 0.1) is 26.4 Å². The van der Waals surface area contributed by atoms with Crippen LogP contribution in [0.3, 0.4) is 0 Å². The quantitative estimate of drug-likeness (QED) is 0.0222. The maximum Gasteiger partial charge on any atom is 0.472 e. The summed E-state index contributed by atoms with van der Waals surface area (Å²) in [5.74, 6) is -1.40. The summed E-state index contributed by atoms with van der Waals surface area (Å²) >= 11 is 0. The normalized spacial score (nSPS) is 14.0. The number of hydrogen-bond donors (Lipinski definition) is 3. The van der Waals surface area contributed by atoms with Crippen molar-refractivity contribution in [1.29, 1.82) is 0 Å².